The van der Waals surface area contributed by atoms with Crippen LogP contribution in [0.4, 0.5) is 14.6 Å². The average molecular weight is 423 g/mol. The van der Waals surface area contributed by atoms with Gasteiger partial charge in [0.25, 0.3) is 0 Å². The maximum atomic E-state index is 13.8. The van der Waals surface area contributed by atoms with Gasteiger partial charge >= 0.3 is 0 Å². The molecule has 0 bridgehead atoms. The molecule has 2 heterocycles. The van der Waals surface area contributed by atoms with E-state index >= 15 is 0 Å². The fourth-order valence-electron chi connectivity index (χ4n) is 3.52. The normalized spacial score (nSPS) is 11.4. The van der Waals surface area contributed by atoms with Gasteiger partial charge in [-0.15, -0.1) is 0 Å². The number of halogens is 2. The molecule has 8 heteroatoms. The average Bonchev–Trinajstić information content (AvgIpc) is 3.07. The third-order valence-electron chi connectivity index (χ3n) is 4.97. The van der Waals surface area contributed by atoms with Crippen LogP contribution in [0.5, 0.6) is 5.75 Å². The van der Waals surface area contributed by atoms with E-state index in [1.807, 2.05) is 24.7 Å². The van der Waals surface area contributed by atoms with Crippen LogP contribution in [0, 0.1) is 11.6 Å². The van der Waals surface area contributed by atoms with Crippen molar-refractivity contribution in [2.45, 2.75) is 6.54 Å². The SMILES string of the molecule is CN(C)CCNc1ncnc2c1cc(-c1ccc(O)cc1)n2Cc1cc(F)cc(F)c1. The highest BCUT2D eigenvalue weighted by Crippen LogP contribution is 2.32. The van der Waals surface area contributed by atoms with E-state index in [2.05, 4.69) is 20.2 Å². The van der Waals surface area contributed by atoms with Gasteiger partial charge in [0, 0.05) is 25.7 Å². The molecule has 2 N–H and O–H groups in total. The third kappa shape index (κ3) is 4.64. The molecule has 2 aromatic carbocycles. The van der Waals surface area contributed by atoms with Crippen LogP contribution in [0.15, 0.2) is 54.9 Å². The number of nitrogens with zero attached hydrogens (tertiary/aromatic N) is 4. The molecule has 0 aliphatic rings. The Morgan fingerprint density at radius 1 is 1.00 bits per heavy atom. The molecule has 6 nitrogen and oxygen atoms in total. The molecule has 160 valence electrons. The molecule has 0 fully saturated rings. The number of phenols is 1. The zero-order valence-corrected chi connectivity index (χ0v) is 17.3. The summed E-state index contributed by atoms with van der Waals surface area (Å²) in [5, 5.41) is 13.8. The zero-order valence-electron chi connectivity index (χ0n) is 17.3. The van der Waals surface area contributed by atoms with Crippen molar-refractivity contribution < 1.29 is 13.9 Å². The number of anilines is 1. The van der Waals surface area contributed by atoms with Gasteiger partial charge in [-0.3, -0.25) is 0 Å². The number of phenolic OH excluding ortho intramolecular Hbond substituents is 1. The van der Waals surface area contributed by atoms with Crippen molar-refractivity contribution in [1.29, 1.82) is 0 Å². The first-order valence-corrected chi connectivity index (χ1v) is 9.88. The van der Waals surface area contributed by atoms with E-state index in [0.717, 1.165) is 29.3 Å². The molecule has 0 saturated heterocycles. The number of aromatic nitrogens is 3. The van der Waals surface area contributed by atoms with Crippen LogP contribution in [-0.4, -0.2) is 51.7 Å². The second kappa shape index (κ2) is 8.69. The predicted octanol–water partition coefficient (Wildman–Crippen LogP) is 4.10. The Morgan fingerprint density at radius 2 is 1.71 bits per heavy atom. The molecule has 0 radical (unpaired) electrons. The standard InChI is InChI=1S/C23H23F2N5O/c1-29(2)8-7-26-22-20-12-21(16-3-5-19(31)6-4-16)30(23(20)28-14-27-22)13-15-9-17(24)11-18(25)10-15/h3-6,9-12,14,31H,7-8,13H2,1-2H3,(H,26,27,28). The molecule has 2 aromatic heterocycles. The first-order valence-electron chi connectivity index (χ1n) is 9.88. The van der Waals surface area contributed by atoms with Gasteiger partial charge in [0.15, 0.2) is 0 Å². The van der Waals surface area contributed by atoms with Gasteiger partial charge < -0.3 is 19.9 Å². The molecule has 4 aromatic rings. The Labute approximate surface area is 178 Å². The van der Waals surface area contributed by atoms with E-state index in [0.29, 0.717) is 23.6 Å². The van der Waals surface area contributed by atoms with Gasteiger partial charge in [-0.2, -0.15) is 0 Å². The fourth-order valence-corrected chi connectivity index (χ4v) is 3.52. The highest BCUT2D eigenvalue weighted by molar-refractivity contribution is 5.92. The summed E-state index contributed by atoms with van der Waals surface area (Å²) in [5.41, 5.74) is 2.77. The van der Waals surface area contributed by atoms with Gasteiger partial charge in [-0.1, -0.05) is 0 Å². The number of nitrogens with one attached hydrogen (secondary N) is 1. The number of likely N-dealkylation sites (N-methyl/N-ethyl adjacent to an activating group) is 1. The van der Waals surface area contributed by atoms with E-state index in [9.17, 15) is 13.9 Å². The van der Waals surface area contributed by atoms with Crippen molar-refractivity contribution in [3.8, 4) is 17.0 Å². The quantitative estimate of drug-likeness (QED) is 0.469. The zero-order chi connectivity index (χ0) is 22.0. The number of hydrogen-bond donors (Lipinski definition) is 2. The Balaban J connectivity index is 1.82. The van der Waals surface area contributed by atoms with E-state index in [1.54, 1.807) is 24.3 Å². The first kappa shape index (κ1) is 20.7. The van der Waals surface area contributed by atoms with Crippen molar-refractivity contribution in [3.05, 3.63) is 72.1 Å². The Hall–Kier alpha value is -3.52. The molecule has 0 aliphatic heterocycles. The summed E-state index contributed by atoms with van der Waals surface area (Å²) < 4.78 is 29.5. The van der Waals surface area contributed by atoms with Crippen LogP contribution < -0.4 is 5.32 Å². The molecule has 0 amide bonds. The molecule has 31 heavy (non-hydrogen) atoms. The Bertz CT molecular complexity index is 1180. The number of benzene rings is 2. The van der Waals surface area contributed by atoms with Crippen molar-refractivity contribution in [3.63, 3.8) is 0 Å². The second-order valence-corrected chi connectivity index (χ2v) is 7.63. The van der Waals surface area contributed by atoms with Gasteiger partial charge in [0.05, 0.1) is 11.1 Å². The lowest BCUT2D eigenvalue weighted by Crippen LogP contribution is -2.21. The lowest BCUT2D eigenvalue weighted by Gasteiger charge is -2.12. The maximum absolute atomic E-state index is 13.8. The van der Waals surface area contributed by atoms with Crippen molar-refractivity contribution in [2.75, 3.05) is 32.5 Å². The number of fused-ring (bicyclic) bond motifs is 1. The van der Waals surface area contributed by atoms with Crippen molar-refractivity contribution in [1.82, 2.24) is 19.4 Å². The molecule has 0 spiro atoms. The molecular weight excluding hydrogens is 400 g/mol. The highest BCUT2D eigenvalue weighted by atomic mass is 19.1. The summed E-state index contributed by atoms with van der Waals surface area (Å²) in [6.45, 7) is 1.76. The summed E-state index contributed by atoms with van der Waals surface area (Å²) in [6.07, 6.45) is 1.48. The van der Waals surface area contributed by atoms with Crippen molar-refractivity contribution in [2.24, 2.45) is 0 Å². The molecule has 0 unspecified atom stereocenters. The minimum Gasteiger partial charge on any atom is -0.508 e. The smallest absolute Gasteiger partial charge is 0.146 e. The largest absolute Gasteiger partial charge is 0.508 e. The molecule has 0 atom stereocenters. The van der Waals surface area contributed by atoms with Crippen molar-refractivity contribution >= 4 is 16.9 Å². The minimum atomic E-state index is -0.627. The number of hydrogen-bond acceptors (Lipinski definition) is 5. The first-order chi connectivity index (χ1) is 14.9. The molecule has 0 aliphatic carbocycles. The highest BCUT2D eigenvalue weighted by Gasteiger charge is 2.16. The Morgan fingerprint density at radius 3 is 2.39 bits per heavy atom. The predicted molar refractivity (Wildman–Crippen MR) is 117 cm³/mol. The Kier molecular flexibility index (Phi) is 5.81. The molecule has 4 rings (SSSR count). The maximum Gasteiger partial charge on any atom is 0.146 e. The summed E-state index contributed by atoms with van der Waals surface area (Å²) in [5.74, 6) is -0.405. The van der Waals surface area contributed by atoms with Crippen LogP contribution >= 0.6 is 0 Å². The number of rotatable bonds is 7. The molecular formula is C23H23F2N5O. The molecule has 0 saturated carbocycles. The van der Waals surface area contributed by atoms with Gasteiger partial charge in [-0.25, -0.2) is 18.7 Å². The lowest BCUT2D eigenvalue weighted by molar-refractivity contribution is 0.425. The van der Waals surface area contributed by atoms with Gasteiger partial charge in [0.2, 0.25) is 0 Å². The topological polar surface area (TPSA) is 66.2 Å². The monoisotopic (exact) mass is 423 g/mol. The van der Waals surface area contributed by atoms with E-state index < -0.39 is 11.6 Å². The van der Waals surface area contributed by atoms with E-state index in [-0.39, 0.29) is 12.3 Å². The van der Waals surface area contributed by atoms with E-state index in [1.165, 1.54) is 18.5 Å². The van der Waals surface area contributed by atoms with Crippen LogP contribution in [0.2, 0.25) is 0 Å². The summed E-state index contributed by atoms with van der Waals surface area (Å²) in [7, 11) is 3.99. The van der Waals surface area contributed by atoms with Crippen LogP contribution in [0.3, 0.4) is 0 Å². The number of aromatic hydroxyl groups is 1. The van der Waals surface area contributed by atoms with Crippen LogP contribution in [0.25, 0.3) is 22.3 Å². The van der Waals surface area contributed by atoms with Crippen LogP contribution in [0.1, 0.15) is 5.56 Å². The second-order valence-electron chi connectivity index (χ2n) is 7.63. The minimum absolute atomic E-state index is 0.157. The lowest BCUT2D eigenvalue weighted by atomic mass is 10.1. The summed E-state index contributed by atoms with van der Waals surface area (Å²) in [6, 6.07) is 12.2. The summed E-state index contributed by atoms with van der Waals surface area (Å²) >= 11 is 0. The third-order valence-corrected chi connectivity index (χ3v) is 4.97. The van der Waals surface area contributed by atoms with Gasteiger partial charge in [0.1, 0.15) is 35.2 Å². The van der Waals surface area contributed by atoms with Gasteiger partial charge in [-0.05, 0) is 67.7 Å². The van der Waals surface area contributed by atoms with Crippen LogP contribution in [-0.2, 0) is 6.54 Å². The van der Waals surface area contributed by atoms with E-state index in [4.69, 9.17) is 0 Å². The summed E-state index contributed by atoms with van der Waals surface area (Å²) in [4.78, 5) is 10.9. The fraction of sp³-hybridized carbons (Fsp3) is 0.217.